The molecule has 1 atom stereocenters. The predicted molar refractivity (Wildman–Crippen MR) is 75.8 cm³/mol. The van der Waals surface area contributed by atoms with Crippen LogP contribution in [0.4, 0.5) is 0 Å². The van der Waals surface area contributed by atoms with Crippen molar-refractivity contribution in [3.05, 3.63) is 69.7 Å². The first kappa shape index (κ1) is 13.4. The van der Waals surface area contributed by atoms with Gasteiger partial charge in [-0.3, -0.25) is 4.79 Å². The fraction of sp³-hybridized carbons (Fsp3) is 0.0714. The van der Waals surface area contributed by atoms with Crippen LogP contribution in [-0.2, 0) is 0 Å². The molecule has 4 heteroatoms. The molecule has 92 valence electrons. The molecule has 0 heterocycles. The van der Waals surface area contributed by atoms with Crippen LogP contribution >= 0.6 is 34.8 Å². The van der Waals surface area contributed by atoms with Crippen molar-refractivity contribution in [3.8, 4) is 0 Å². The molecule has 1 unspecified atom stereocenters. The zero-order valence-electron chi connectivity index (χ0n) is 9.24. The molecule has 0 radical (unpaired) electrons. The molecule has 0 aliphatic heterocycles. The molecule has 0 aromatic heterocycles. The quantitative estimate of drug-likeness (QED) is 0.565. The highest BCUT2D eigenvalue weighted by Gasteiger charge is 2.19. The monoisotopic (exact) mass is 298 g/mol. The molecule has 18 heavy (non-hydrogen) atoms. The van der Waals surface area contributed by atoms with E-state index in [1.54, 1.807) is 12.1 Å². The summed E-state index contributed by atoms with van der Waals surface area (Å²) in [6.07, 6.45) is 0. The summed E-state index contributed by atoms with van der Waals surface area (Å²) in [6, 6.07) is 13.9. The van der Waals surface area contributed by atoms with Gasteiger partial charge in [0.25, 0.3) is 0 Å². The van der Waals surface area contributed by atoms with Gasteiger partial charge in [0.15, 0.2) is 5.78 Å². The third-order valence-corrected chi connectivity index (χ3v) is 3.72. The number of alkyl halides is 1. The summed E-state index contributed by atoms with van der Waals surface area (Å²) in [5, 5.41) is 0.0435. The Labute approximate surface area is 120 Å². The van der Waals surface area contributed by atoms with Gasteiger partial charge in [-0.2, -0.15) is 0 Å². The SMILES string of the molecule is O=C(c1ccc(Cl)c(Cl)c1)C(Cl)c1ccccc1. The highest BCUT2D eigenvalue weighted by atomic mass is 35.5. The van der Waals surface area contributed by atoms with Gasteiger partial charge < -0.3 is 0 Å². The van der Waals surface area contributed by atoms with Crippen LogP contribution in [0.1, 0.15) is 21.3 Å². The molecular weight excluding hydrogens is 291 g/mol. The second-order valence-electron chi connectivity index (χ2n) is 3.77. The second kappa shape index (κ2) is 5.75. The first-order chi connectivity index (χ1) is 8.59. The first-order valence-corrected chi connectivity index (χ1v) is 6.47. The Kier molecular flexibility index (Phi) is 4.28. The zero-order valence-corrected chi connectivity index (χ0v) is 11.5. The molecule has 0 fully saturated rings. The molecule has 0 saturated carbocycles. The number of Topliss-reactive ketones (excluding diaryl/α,β-unsaturated/α-hetero) is 1. The second-order valence-corrected chi connectivity index (χ2v) is 5.02. The van der Waals surface area contributed by atoms with Crippen LogP contribution in [0, 0.1) is 0 Å². The summed E-state index contributed by atoms with van der Waals surface area (Å²) >= 11 is 17.8. The fourth-order valence-electron chi connectivity index (χ4n) is 1.57. The van der Waals surface area contributed by atoms with Crippen molar-refractivity contribution in [2.45, 2.75) is 5.38 Å². The van der Waals surface area contributed by atoms with Crippen LogP contribution in [0.2, 0.25) is 10.0 Å². The van der Waals surface area contributed by atoms with E-state index < -0.39 is 5.38 Å². The first-order valence-electron chi connectivity index (χ1n) is 5.28. The normalized spacial score (nSPS) is 12.2. The summed E-state index contributed by atoms with van der Waals surface area (Å²) in [4.78, 5) is 12.2. The van der Waals surface area contributed by atoms with Crippen molar-refractivity contribution in [1.82, 2.24) is 0 Å². The summed E-state index contributed by atoms with van der Waals surface area (Å²) in [5.74, 6) is -0.193. The highest BCUT2D eigenvalue weighted by Crippen LogP contribution is 2.28. The minimum absolute atomic E-state index is 0.193. The number of ketones is 1. The number of halogens is 3. The molecule has 0 aliphatic rings. The number of hydrogen-bond donors (Lipinski definition) is 0. The average Bonchev–Trinajstić information content (AvgIpc) is 2.41. The number of rotatable bonds is 3. The molecule has 0 spiro atoms. The Bertz CT molecular complexity index is 567. The molecule has 0 N–H and O–H groups in total. The van der Waals surface area contributed by atoms with Crippen molar-refractivity contribution in [2.24, 2.45) is 0 Å². The van der Waals surface area contributed by atoms with Crippen LogP contribution < -0.4 is 0 Å². The number of carbonyl (C=O) groups excluding carboxylic acids is 1. The minimum Gasteiger partial charge on any atom is -0.292 e. The van der Waals surface area contributed by atoms with E-state index in [1.165, 1.54) is 6.07 Å². The lowest BCUT2D eigenvalue weighted by atomic mass is 10.0. The molecule has 0 amide bonds. The number of hydrogen-bond acceptors (Lipinski definition) is 1. The largest absolute Gasteiger partial charge is 0.292 e. The maximum atomic E-state index is 12.2. The van der Waals surface area contributed by atoms with Gasteiger partial charge in [0.1, 0.15) is 5.38 Å². The summed E-state index contributed by atoms with van der Waals surface area (Å²) in [5.41, 5.74) is 1.21. The van der Waals surface area contributed by atoms with Crippen LogP contribution in [-0.4, -0.2) is 5.78 Å². The Hall–Kier alpha value is -1.02. The van der Waals surface area contributed by atoms with Crippen molar-refractivity contribution in [1.29, 1.82) is 0 Å². The molecule has 2 aromatic carbocycles. The van der Waals surface area contributed by atoms with Crippen molar-refractivity contribution in [2.75, 3.05) is 0 Å². The van der Waals surface area contributed by atoms with Gasteiger partial charge in [-0.05, 0) is 23.8 Å². The third kappa shape index (κ3) is 2.86. The van der Waals surface area contributed by atoms with E-state index in [2.05, 4.69) is 0 Å². The Morgan fingerprint density at radius 1 is 0.944 bits per heavy atom. The number of benzene rings is 2. The van der Waals surface area contributed by atoms with Crippen LogP contribution in [0.15, 0.2) is 48.5 Å². The lowest BCUT2D eigenvalue weighted by molar-refractivity contribution is 0.0987. The smallest absolute Gasteiger partial charge is 0.185 e. The van der Waals surface area contributed by atoms with Gasteiger partial charge in [0, 0.05) is 5.56 Å². The maximum absolute atomic E-state index is 12.2. The molecule has 0 aliphatic carbocycles. The molecule has 0 bridgehead atoms. The predicted octanol–water partition coefficient (Wildman–Crippen LogP) is 5.16. The van der Waals surface area contributed by atoms with Crippen molar-refractivity contribution < 1.29 is 4.79 Å². The molecule has 1 nitrogen and oxygen atoms in total. The van der Waals surface area contributed by atoms with Gasteiger partial charge in [-0.15, -0.1) is 11.6 Å². The van der Waals surface area contributed by atoms with Crippen molar-refractivity contribution in [3.63, 3.8) is 0 Å². The van der Waals surface area contributed by atoms with E-state index in [0.29, 0.717) is 15.6 Å². The van der Waals surface area contributed by atoms with Crippen LogP contribution in [0.25, 0.3) is 0 Å². The highest BCUT2D eigenvalue weighted by molar-refractivity contribution is 6.42. The topological polar surface area (TPSA) is 17.1 Å². The molecular formula is C14H9Cl3O. The van der Waals surface area contributed by atoms with Crippen molar-refractivity contribution >= 4 is 40.6 Å². The van der Waals surface area contributed by atoms with E-state index >= 15 is 0 Å². The van der Waals surface area contributed by atoms with E-state index in [1.807, 2.05) is 30.3 Å². The Morgan fingerprint density at radius 2 is 1.61 bits per heavy atom. The van der Waals surface area contributed by atoms with Crippen LogP contribution in [0.5, 0.6) is 0 Å². The van der Waals surface area contributed by atoms with E-state index in [4.69, 9.17) is 34.8 Å². The Morgan fingerprint density at radius 3 is 2.22 bits per heavy atom. The molecule has 2 rings (SSSR count). The van der Waals surface area contributed by atoms with Gasteiger partial charge in [0.05, 0.1) is 10.0 Å². The zero-order chi connectivity index (χ0) is 13.1. The summed E-state index contributed by atoms with van der Waals surface area (Å²) in [6.45, 7) is 0. The Balaban J connectivity index is 2.29. The average molecular weight is 300 g/mol. The van der Waals surface area contributed by atoms with E-state index in [0.717, 1.165) is 5.56 Å². The van der Waals surface area contributed by atoms with E-state index in [-0.39, 0.29) is 5.78 Å². The summed E-state index contributed by atoms with van der Waals surface area (Å²) in [7, 11) is 0. The van der Waals surface area contributed by atoms with Gasteiger partial charge in [0.2, 0.25) is 0 Å². The van der Waals surface area contributed by atoms with Gasteiger partial charge >= 0.3 is 0 Å². The maximum Gasteiger partial charge on any atom is 0.185 e. The lowest BCUT2D eigenvalue weighted by Gasteiger charge is -2.09. The third-order valence-electron chi connectivity index (χ3n) is 2.53. The fourth-order valence-corrected chi connectivity index (χ4v) is 2.14. The molecule has 0 saturated heterocycles. The minimum atomic E-state index is -0.719. The summed E-state index contributed by atoms with van der Waals surface area (Å²) < 4.78 is 0. The number of carbonyl (C=O) groups is 1. The van der Waals surface area contributed by atoms with Gasteiger partial charge in [-0.1, -0.05) is 53.5 Å². The molecule has 2 aromatic rings. The lowest BCUT2D eigenvalue weighted by Crippen LogP contribution is -2.07. The van der Waals surface area contributed by atoms with Gasteiger partial charge in [-0.25, -0.2) is 0 Å². The van der Waals surface area contributed by atoms with E-state index in [9.17, 15) is 4.79 Å². The van der Waals surface area contributed by atoms with Crippen LogP contribution in [0.3, 0.4) is 0 Å². The standard InChI is InChI=1S/C14H9Cl3O/c15-11-7-6-10(8-12(11)16)14(18)13(17)9-4-2-1-3-5-9/h1-8,13H.